The number of rotatable bonds is 5. The fraction of sp³-hybridized carbons (Fsp3) is 0.200. The van der Waals surface area contributed by atoms with Crippen LogP contribution in [0.4, 0.5) is 4.39 Å². The second kappa shape index (κ2) is 6.51. The van der Waals surface area contributed by atoms with E-state index in [0.717, 1.165) is 5.56 Å². The number of nitrogens with one attached hydrogen (secondary N) is 2. The lowest BCUT2D eigenvalue weighted by molar-refractivity contribution is 0.0951. The van der Waals surface area contributed by atoms with Crippen molar-refractivity contribution in [3.05, 3.63) is 77.2 Å². The summed E-state index contributed by atoms with van der Waals surface area (Å²) in [5.74, 6) is -0.0338. The van der Waals surface area contributed by atoms with E-state index in [1.807, 2.05) is 18.2 Å². The molecule has 1 aliphatic rings. The quantitative estimate of drug-likeness (QED) is 0.740. The normalized spacial score (nSPS) is 13.6. The van der Waals surface area contributed by atoms with E-state index in [1.165, 1.54) is 30.7 Å². The molecular formula is C20H18FN3O. The van der Waals surface area contributed by atoms with Crippen LogP contribution in [0.1, 0.15) is 40.2 Å². The van der Waals surface area contributed by atoms with Crippen molar-refractivity contribution < 1.29 is 9.18 Å². The molecule has 5 heteroatoms. The summed E-state index contributed by atoms with van der Waals surface area (Å²) in [6.07, 6.45) is 3.86. The van der Waals surface area contributed by atoms with E-state index in [0.29, 0.717) is 29.3 Å². The Hall–Kier alpha value is -2.95. The first-order chi connectivity index (χ1) is 12.2. The molecule has 1 heterocycles. The molecule has 2 N–H and O–H groups in total. The SMILES string of the molecule is O=C(NCc1ccccc1C1CC1)c1cn[nH]c1-c1ccccc1F. The highest BCUT2D eigenvalue weighted by Gasteiger charge is 2.25. The molecule has 4 rings (SSSR count). The van der Waals surface area contributed by atoms with Crippen molar-refractivity contribution in [3.8, 4) is 11.3 Å². The minimum absolute atomic E-state index is 0.266. The Bertz CT molecular complexity index is 915. The maximum absolute atomic E-state index is 14.0. The number of halogens is 1. The minimum atomic E-state index is -0.389. The van der Waals surface area contributed by atoms with Crippen LogP contribution in [0.3, 0.4) is 0 Å². The van der Waals surface area contributed by atoms with E-state index in [9.17, 15) is 9.18 Å². The number of benzene rings is 2. The van der Waals surface area contributed by atoms with Crippen LogP contribution in [0.15, 0.2) is 54.7 Å². The highest BCUT2D eigenvalue weighted by atomic mass is 19.1. The molecule has 1 fully saturated rings. The summed E-state index contributed by atoms with van der Waals surface area (Å²) < 4.78 is 14.0. The van der Waals surface area contributed by atoms with Crippen molar-refractivity contribution in [2.75, 3.05) is 0 Å². The molecule has 1 aromatic heterocycles. The highest BCUT2D eigenvalue weighted by Crippen LogP contribution is 2.41. The summed E-state index contributed by atoms with van der Waals surface area (Å²) in [6, 6.07) is 14.5. The number of nitrogens with zero attached hydrogens (tertiary/aromatic N) is 1. The number of aromatic nitrogens is 2. The zero-order valence-electron chi connectivity index (χ0n) is 13.6. The highest BCUT2D eigenvalue weighted by molar-refractivity contribution is 5.99. The lowest BCUT2D eigenvalue weighted by atomic mass is 10.0. The lowest BCUT2D eigenvalue weighted by Gasteiger charge is -2.10. The van der Waals surface area contributed by atoms with E-state index in [1.54, 1.807) is 18.2 Å². The van der Waals surface area contributed by atoms with Crippen molar-refractivity contribution in [2.45, 2.75) is 25.3 Å². The van der Waals surface area contributed by atoms with E-state index in [-0.39, 0.29) is 11.7 Å². The molecule has 126 valence electrons. The van der Waals surface area contributed by atoms with Crippen molar-refractivity contribution >= 4 is 5.91 Å². The van der Waals surface area contributed by atoms with Gasteiger partial charge in [-0.25, -0.2) is 4.39 Å². The summed E-state index contributed by atoms with van der Waals surface area (Å²) in [7, 11) is 0. The third-order valence-corrected chi connectivity index (χ3v) is 4.54. The van der Waals surface area contributed by atoms with Gasteiger partial charge < -0.3 is 5.32 Å². The average molecular weight is 335 g/mol. The number of carbonyl (C=O) groups is 1. The summed E-state index contributed by atoms with van der Waals surface area (Å²) in [4.78, 5) is 12.6. The molecular weight excluding hydrogens is 317 g/mol. The fourth-order valence-electron chi connectivity index (χ4n) is 3.09. The van der Waals surface area contributed by atoms with Crippen molar-refractivity contribution in [1.82, 2.24) is 15.5 Å². The Kier molecular flexibility index (Phi) is 4.06. The Labute approximate surface area is 145 Å². The Morgan fingerprint density at radius 3 is 2.72 bits per heavy atom. The molecule has 0 bridgehead atoms. The predicted octanol–water partition coefficient (Wildman–Crippen LogP) is 4.02. The van der Waals surface area contributed by atoms with Gasteiger partial charge in [0.05, 0.1) is 17.5 Å². The van der Waals surface area contributed by atoms with Crippen LogP contribution in [0, 0.1) is 5.82 Å². The molecule has 25 heavy (non-hydrogen) atoms. The molecule has 0 spiro atoms. The zero-order valence-corrected chi connectivity index (χ0v) is 13.6. The van der Waals surface area contributed by atoms with Crippen LogP contribution in [0.5, 0.6) is 0 Å². The van der Waals surface area contributed by atoms with Gasteiger partial charge >= 0.3 is 0 Å². The Morgan fingerprint density at radius 1 is 1.16 bits per heavy atom. The third kappa shape index (κ3) is 3.18. The molecule has 1 saturated carbocycles. The van der Waals surface area contributed by atoms with E-state index < -0.39 is 0 Å². The van der Waals surface area contributed by atoms with Gasteiger partial charge in [-0.1, -0.05) is 36.4 Å². The van der Waals surface area contributed by atoms with E-state index >= 15 is 0 Å². The van der Waals surface area contributed by atoms with E-state index in [2.05, 4.69) is 21.6 Å². The molecule has 2 aromatic carbocycles. The zero-order chi connectivity index (χ0) is 17.2. The van der Waals surface area contributed by atoms with Gasteiger partial charge in [-0.3, -0.25) is 9.89 Å². The smallest absolute Gasteiger partial charge is 0.255 e. The van der Waals surface area contributed by atoms with Gasteiger partial charge in [0.25, 0.3) is 5.91 Å². The van der Waals surface area contributed by atoms with Gasteiger partial charge in [0.1, 0.15) is 5.82 Å². The molecule has 0 unspecified atom stereocenters. The largest absolute Gasteiger partial charge is 0.348 e. The maximum Gasteiger partial charge on any atom is 0.255 e. The monoisotopic (exact) mass is 335 g/mol. The second-order valence-electron chi connectivity index (χ2n) is 6.29. The number of H-pyrrole nitrogens is 1. The van der Waals surface area contributed by atoms with Crippen molar-refractivity contribution in [3.63, 3.8) is 0 Å². The average Bonchev–Trinajstić information content (AvgIpc) is 3.37. The number of carbonyl (C=O) groups excluding carboxylic acids is 1. The van der Waals surface area contributed by atoms with Crippen LogP contribution in [0.2, 0.25) is 0 Å². The van der Waals surface area contributed by atoms with Crippen LogP contribution in [-0.2, 0) is 6.54 Å². The Balaban J connectivity index is 1.53. The number of hydrogen-bond acceptors (Lipinski definition) is 2. The number of amides is 1. The van der Waals surface area contributed by atoms with Gasteiger partial charge in [0, 0.05) is 12.1 Å². The maximum atomic E-state index is 14.0. The summed E-state index contributed by atoms with van der Waals surface area (Å²) in [5.41, 5.74) is 3.52. The van der Waals surface area contributed by atoms with Crippen LogP contribution in [0.25, 0.3) is 11.3 Å². The molecule has 0 atom stereocenters. The van der Waals surface area contributed by atoms with Gasteiger partial charge in [0.15, 0.2) is 0 Å². The standard InChI is InChI=1S/C20H18FN3O/c21-18-8-4-3-7-16(18)19-17(12-23-24-19)20(25)22-11-14-5-1-2-6-15(14)13-9-10-13/h1-8,12-13H,9-11H2,(H,22,25)(H,23,24). The summed E-state index contributed by atoms with van der Waals surface area (Å²) in [6.45, 7) is 0.452. The minimum Gasteiger partial charge on any atom is -0.348 e. The molecule has 1 amide bonds. The van der Waals surface area contributed by atoms with Crippen molar-refractivity contribution in [2.24, 2.45) is 0 Å². The Morgan fingerprint density at radius 2 is 1.92 bits per heavy atom. The third-order valence-electron chi connectivity index (χ3n) is 4.54. The van der Waals surface area contributed by atoms with Gasteiger partial charge in [0.2, 0.25) is 0 Å². The topological polar surface area (TPSA) is 57.8 Å². The summed E-state index contributed by atoms with van der Waals surface area (Å²) >= 11 is 0. The van der Waals surface area contributed by atoms with Gasteiger partial charge in [-0.15, -0.1) is 0 Å². The number of hydrogen-bond donors (Lipinski definition) is 2. The first-order valence-electron chi connectivity index (χ1n) is 8.38. The molecule has 0 radical (unpaired) electrons. The second-order valence-corrected chi connectivity index (χ2v) is 6.29. The summed E-state index contributed by atoms with van der Waals surface area (Å²) in [5, 5.41) is 9.58. The van der Waals surface area contributed by atoms with Crippen molar-refractivity contribution in [1.29, 1.82) is 0 Å². The van der Waals surface area contributed by atoms with Crippen LogP contribution in [-0.4, -0.2) is 16.1 Å². The van der Waals surface area contributed by atoms with E-state index in [4.69, 9.17) is 0 Å². The van der Waals surface area contributed by atoms with Crippen LogP contribution >= 0.6 is 0 Å². The van der Waals surface area contributed by atoms with Gasteiger partial charge in [-0.2, -0.15) is 5.10 Å². The molecule has 1 aliphatic carbocycles. The molecule has 0 saturated heterocycles. The molecule has 0 aliphatic heterocycles. The first kappa shape index (κ1) is 15.6. The lowest BCUT2D eigenvalue weighted by Crippen LogP contribution is -2.23. The first-order valence-corrected chi connectivity index (χ1v) is 8.38. The fourth-order valence-corrected chi connectivity index (χ4v) is 3.09. The molecule has 4 nitrogen and oxygen atoms in total. The number of aromatic amines is 1. The van der Waals surface area contributed by atoms with Crippen LogP contribution < -0.4 is 5.32 Å². The predicted molar refractivity (Wildman–Crippen MR) is 93.6 cm³/mol. The molecule has 3 aromatic rings. The van der Waals surface area contributed by atoms with Gasteiger partial charge in [-0.05, 0) is 42.0 Å².